The maximum absolute atomic E-state index is 9.32. The molecule has 3 rings (SSSR count). The van der Waals surface area contributed by atoms with Crippen LogP contribution in [0.1, 0.15) is 18.1 Å². The normalized spacial score (nSPS) is 10.7. The van der Waals surface area contributed by atoms with Gasteiger partial charge in [0.15, 0.2) is 5.82 Å². The van der Waals surface area contributed by atoms with Gasteiger partial charge in [-0.05, 0) is 48.9 Å². The molecule has 0 radical (unpaired) electrons. The maximum atomic E-state index is 9.32. The number of benzene rings is 2. The van der Waals surface area contributed by atoms with Crippen LogP contribution in [0, 0.1) is 0 Å². The summed E-state index contributed by atoms with van der Waals surface area (Å²) < 4.78 is 0. The maximum Gasteiger partial charge on any atom is 0.159 e. The summed E-state index contributed by atoms with van der Waals surface area (Å²) in [5.74, 6) is 0.686. The molecule has 0 saturated carbocycles. The summed E-state index contributed by atoms with van der Waals surface area (Å²) in [6, 6.07) is 15.4. The summed E-state index contributed by atoms with van der Waals surface area (Å²) in [7, 11) is 0. The highest BCUT2D eigenvalue weighted by Crippen LogP contribution is 2.20. The Morgan fingerprint density at radius 1 is 1.00 bits per heavy atom. The molecule has 0 aliphatic carbocycles. The van der Waals surface area contributed by atoms with Gasteiger partial charge in [-0.15, -0.1) is 0 Å². The third kappa shape index (κ3) is 4.35. The minimum absolute atomic E-state index is 0.0459. The molecule has 25 heavy (non-hydrogen) atoms. The minimum Gasteiger partial charge on any atom is -0.392 e. The molecule has 128 valence electrons. The van der Waals surface area contributed by atoms with Crippen LogP contribution in [0.2, 0.25) is 5.02 Å². The van der Waals surface area contributed by atoms with Gasteiger partial charge in [0, 0.05) is 47.3 Å². The van der Waals surface area contributed by atoms with Gasteiger partial charge in [0.2, 0.25) is 0 Å². The van der Waals surface area contributed by atoms with Crippen LogP contribution in [0.15, 0.2) is 60.9 Å². The fraction of sp³-hybridized carbons (Fsp3) is 0.200. The number of nitrogens with zero attached hydrogens (tertiary/aromatic N) is 3. The van der Waals surface area contributed by atoms with Gasteiger partial charge in [-0.2, -0.15) is 0 Å². The van der Waals surface area contributed by atoms with E-state index in [-0.39, 0.29) is 6.61 Å². The molecule has 5 heteroatoms. The molecule has 4 nitrogen and oxygen atoms in total. The fourth-order valence-electron chi connectivity index (χ4n) is 2.64. The van der Waals surface area contributed by atoms with Crippen LogP contribution < -0.4 is 4.90 Å². The number of aromatic nitrogens is 2. The molecule has 3 aromatic rings. The summed E-state index contributed by atoms with van der Waals surface area (Å²) in [6.07, 6.45) is 3.71. The zero-order valence-electron chi connectivity index (χ0n) is 14.1. The second-order valence-corrected chi connectivity index (χ2v) is 6.20. The molecular formula is C20H20ClN3O. The van der Waals surface area contributed by atoms with Crippen LogP contribution in [0.4, 0.5) is 5.69 Å². The van der Waals surface area contributed by atoms with Crippen LogP contribution in [0.5, 0.6) is 0 Å². The molecule has 1 N–H and O–H groups in total. The van der Waals surface area contributed by atoms with Gasteiger partial charge < -0.3 is 10.0 Å². The van der Waals surface area contributed by atoms with Gasteiger partial charge >= 0.3 is 0 Å². The minimum atomic E-state index is 0.0459. The molecule has 0 fully saturated rings. The molecule has 0 atom stereocenters. The molecule has 0 saturated heterocycles. The average molecular weight is 354 g/mol. The lowest BCUT2D eigenvalue weighted by Gasteiger charge is -2.23. The fourth-order valence-corrected chi connectivity index (χ4v) is 2.77. The van der Waals surface area contributed by atoms with Gasteiger partial charge in [-0.1, -0.05) is 23.7 Å². The topological polar surface area (TPSA) is 49.2 Å². The van der Waals surface area contributed by atoms with Crippen molar-refractivity contribution in [2.24, 2.45) is 0 Å². The van der Waals surface area contributed by atoms with Gasteiger partial charge in [-0.25, -0.2) is 9.97 Å². The zero-order chi connectivity index (χ0) is 17.6. The van der Waals surface area contributed by atoms with Crippen LogP contribution in [0.25, 0.3) is 11.4 Å². The number of hydrogen-bond donors (Lipinski definition) is 1. The Hall–Kier alpha value is -2.43. The van der Waals surface area contributed by atoms with E-state index in [1.165, 1.54) is 0 Å². The van der Waals surface area contributed by atoms with Crippen molar-refractivity contribution in [2.75, 3.05) is 11.4 Å². The summed E-state index contributed by atoms with van der Waals surface area (Å²) >= 11 is 5.92. The van der Waals surface area contributed by atoms with Crippen LogP contribution in [-0.2, 0) is 13.2 Å². The molecule has 0 aliphatic rings. The summed E-state index contributed by atoms with van der Waals surface area (Å²) in [5, 5.41) is 10.0. The van der Waals surface area contributed by atoms with Crippen molar-refractivity contribution in [3.8, 4) is 11.4 Å². The van der Waals surface area contributed by atoms with E-state index in [2.05, 4.69) is 21.8 Å². The molecule has 1 heterocycles. The Bertz CT molecular complexity index is 819. The Morgan fingerprint density at radius 3 is 2.36 bits per heavy atom. The van der Waals surface area contributed by atoms with E-state index in [1.807, 2.05) is 60.9 Å². The van der Waals surface area contributed by atoms with Crippen molar-refractivity contribution in [1.29, 1.82) is 0 Å². The second kappa shape index (κ2) is 8.10. The number of anilines is 1. The van der Waals surface area contributed by atoms with Crippen molar-refractivity contribution in [2.45, 2.75) is 20.1 Å². The Kier molecular flexibility index (Phi) is 5.64. The van der Waals surface area contributed by atoms with E-state index < -0.39 is 0 Å². The highest BCUT2D eigenvalue weighted by Gasteiger charge is 2.08. The summed E-state index contributed by atoms with van der Waals surface area (Å²) in [4.78, 5) is 11.2. The highest BCUT2D eigenvalue weighted by molar-refractivity contribution is 6.30. The van der Waals surface area contributed by atoms with Crippen molar-refractivity contribution >= 4 is 17.3 Å². The predicted octanol–water partition coefficient (Wildman–Crippen LogP) is 4.32. The Morgan fingerprint density at radius 2 is 1.72 bits per heavy atom. The van der Waals surface area contributed by atoms with Crippen LogP contribution >= 0.6 is 11.6 Å². The van der Waals surface area contributed by atoms with E-state index in [1.54, 1.807) is 0 Å². The first-order valence-electron chi connectivity index (χ1n) is 8.21. The van der Waals surface area contributed by atoms with Crippen molar-refractivity contribution in [3.63, 3.8) is 0 Å². The lowest BCUT2D eigenvalue weighted by molar-refractivity contribution is 0.282. The first kappa shape index (κ1) is 17.4. The van der Waals surface area contributed by atoms with E-state index in [9.17, 15) is 5.11 Å². The van der Waals surface area contributed by atoms with Crippen molar-refractivity contribution in [1.82, 2.24) is 9.97 Å². The standard InChI is InChI=1S/C20H20ClN3O/c1-2-24(19-5-3-4-15(10-19)14-25)13-16-11-22-20(23-12-16)17-6-8-18(21)9-7-17/h3-12,25H,2,13-14H2,1H3. The molecule has 0 spiro atoms. The number of aliphatic hydroxyl groups is 1. The first-order chi connectivity index (χ1) is 12.2. The smallest absolute Gasteiger partial charge is 0.159 e. The van der Waals surface area contributed by atoms with E-state index in [4.69, 9.17) is 11.6 Å². The average Bonchev–Trinajstić information content (AvgIpc) is 2.67. The van der Waals surface area contributed by atoms with Crippen molar-refractivity contribution < 1.29 is 5.11 Å². The molecule has 0 aliphatic heterocycles. The van der Waals surface area contributed by atoms with Gasteiger partial charge in [0.25, 0.3) is 0 Å². The number of rotatable bonds is 6. The molecule has 0 unspecified atom stereocenters. The Labute approximate surface area is 152 Å². The molecular weight excluding hydrogens is 334 g/mol. The van der Waals surface area contributed by atoms with E-state index in [0.717, 1.165) is 28.9 Å². The molecule has 0 amide bonds. The molecule has 2 aromatic carbocycles. The van der Waals surface area contributed by atoms with E-state index >= 15 is 0 Å². The lowest BCUT2D eigenvalue weighted by Crippen LogP contribution is -2.22. The predicted molar refractivity (Wildman–Crippen MR) is 102 cm³/mol. The van der Waals surface area contributed by atoms with Gasteiger partial charge in [0.1, 0.15) is 0 Å². The monoisotopic (exact) mass is 353 g/mol. The van der Waals surface area contributed by atoms with Gasteiger partial charge in [0.05, 0.1) is 6.61 Å². The largest absolute Gasteiger partial charge is 0.392 e. The third-order valence-corrected chi connectivity index (χ3v) is 4.27. The van der Waals surface area contributed by atoms with Gasteiger partial charge in [-0.3, -0.25) is 0 Å². The quantitative estimate of drug-likeness (QED) is 0.717. The lowest BCUT2D eigenvalue weighted by atomic mass is 10.2. The zero-order valence-corrected chi connectivity index (χ0v) is 14.8. The second-order valence-electron chi connectivity index (χ2n) is 5.76. The summed E-state index contributed by atoms with van der Waals surface area (Å²) in [6.45, 7) is 3.72. The number of aliphatic hydroxyl groups excluding tert-OH is 1. The van der Waals surface area contributed by atoms with Crippen molar-refractivity contribution in [3.05, 3.63) is 77.1 Å². The number of halogens is 1. The SMILES string of the molecule is CCN(Cc1cnc(-c2ccc(Cl)cc2)nc1)c1cccc(CO)c1. The first-order valence-corrected chi connectivity index (χ1v) is 8.59. The molecule has 1 aromatic heterocycles. The van der Waals surface area contributed by atoms with E-state index in [0.29, 0.717) is 17.4 Å². The van der Waals surface area contributed by atoms with Crippen LogP contribution in [-0.4, -0.2) is 21.6 Å². The number of hydrogen-bond acceptors (Lipinski definition) is 4. The third-order valence-electron chi connectivity index (χ3n) is 4.02. The Balaban J connectivity index is 1.76. The summed E-state index contributed by atoms with van der Waals surface area (Å²) in [5.41, 5.74) is 3.97. The molecule has 0 bridgehead atoms. The highest BCUT2D eigenvalue weighted by atomic mass is 35.5. The van der Waals surface area contributed by atoms with Crippen LogP contribution in [0.3, 0.4) is 0 Å².